The van der Waals surface area contributed by atoms with Crippen LogP contribution >= 0.6 is 11.8 Å². The van der Waals surface area contributed by atoms with E-state index < -0.39 is 0 Å². The van der Waals surface area contributed by atoms with E-state index in [1.807, 2.05) is 0 Å². The molecule has 0 aromatic carbocycles. The molecule has 0 aliphatic carbocycles. The number of aromatic nitrogens is 2. The van der Waals surface area contributed by atoms with Crippen molar-refractivity contribution >= 4 is 23.4 Å². The maximum Gasteiger partial charge on any atom is 0.145 e. The summed E-state index contributed by atoms with van der Waals surface area (Å²) in [5.74, 6) is 8.54. The molecule has 0 saturated carbocycles. The lowest BCUT2D eigenvalue weighted by Gasteiger charge is -2.06. The number of anilines is 2. The Balaban J connectivity index is 2.16. The summed E-state index contributed by atoms with van der Waals surface area (Å²) in [4.78, 5) is 7.96. The van der Waals surface area contributed by atoms with E-state index in [-0.39, 0.29) is 6.61 Å². The average molecular weight is 243 g/mol. The third-order valence-corrected chi connectivity index (χ3v) is 2.88. The highest BCUT2D eigenvalue weighted by Crippen LogP contribution is 2.07. The summed E-state index contributed by atoms with van der Waals surface area (Å²) in [6.07, 6.45) is 2.30. The van der Waals surface area contributed by atoms with Gasteiger partial charge in [0.05, 0.1) is 0 Å². The molecule has 5 N–H and O–H groups in total. The molecule has 1 aromatic rings. The first-order chi connectivity index (χ1) is 7.86. The first-order valence-electron chi connectivity index (χ1n) is 5.08. The first kappa shape index (κ1) is 13.0. The summed E-state index contributed by atoms with van der Waals surface area (Å²) >= 11 is 1.80. The van der Waals surface area contributed by atoms with Gasteiger partial charge in [-0.3, -0.25) is 0 Å². The van der Waals surface area contributed by atoms with Gasteiger partial charge in [-0.15, -0.1) is 0 Å². The second-order valence-corrected chi connectivity index (χ2v) is 4.27. The van der Waals surface area contributed by atoms with Crippen molar-refractivity contribution in [3.8, 4) is 0 Å². The van der Waals surface area contributed by atoms with E-state index in [1.54, 1.807) is 17.8 Å². The minimum Gasteiger partial charge on any atom is -0.396 e. The van der Waals surface area contributed by atoms with E-state index >= 15 is 0 Å². The molecule has 16 heavy (non-hydrogen) atoms. The summed E-state index contributed by atoms with van der Waals surface area (Å²) in [5, 5.41) is 11.8. The van der Waals surface area contributed by atoms with Gasteiger partial charge >= 0.3 is 0 Å². The van der Waals surface area contributed by atoms with E-state index in [4.69, 9.17) is 10.9 Å². The van der Waals surface area contributed by atoms with Crippen molar-refractivity contribution in [3.63, 3.8) is 0 Å². The minimum atomic E-state index is 0.262. The summed E-state index contributed by atoms with van der Waals surface area (Å²) in [6, 6.07) is 1.75. The molecule has 1 aromatic heterocycles. The Bertz CT molecular complexity index is 299. The highest BCUT2D eigenvalue weighted by Gasteiger charge is 1.96. The molecule has 0 fully saturated rings. The maximum absolute atomic E-state index is 8.59. The Morgan fingerprint density at radius 3 is 2.88 bits per heavy atom. The quantitative estimate of drug-likeness (QED) is 0.296. The van der Waals surface area contributed by atoms with Crippen LogP contribution in [0, 0.1) is 0 Å². The van der Waals surface area contributed by atoms with Crippen LogP contribution in [0.4, 0.5) is 11.6 Å². The van der Waals surface area contributed by atoms with Crippen LogP contribution in [-0.4, -0.2) is 39.7 Å². The van der Waals surface area contributed by atoms with Crippen molar-refractivity contribution in [1.82, 2.24) is 9.97 Å². The lowest BCUT2D eigenvalue weighted by atomic mass is 10.5. The third kappa shape index (κ3) is 5.15. The van der Waals surface area contributed by atoms with Crippen molar-refractivity contribution < 1.29 is 5.11 Å². The molecule has 0 aliphatic heterocycles. The van der Waals surface area contributed by atoms with Gasteiger partial charge in [-0.05, 0) is 12.2 Å². The lowest BCUT2D eigenvalue weighted by Crippen LogP contribution is -2.11. The van der Waals surface area contributed by atoms with Crippen LogP contribution in [0.2, 0.25) is 0 Å². The van der Waals surface area contributed by atoms with Gasteiger partial charge in [0.2, 0.25) is 0 Å². The molecule has 0 spiro atoms. The SMILES string of the molecule is NNc1cc(NCCSCCCO)ncn1. The predicted octanol–water partition coefficient (Wildman–Crippen LogP) is 0.290. The smallest absolute Gasteiger partial charge is 0.145 e. The zero-order valence-electron chi connectivity index (χ0n) is 9.02. The number of nitrogens with zero attached hydrogens (tertiary/aromatic N) is 2. The van der Waals surface area contributed by atoms with Crippen molar-refractivity contribution in [2.24, 2.45) is 5.84 Å². The topological polar surface area (TPSA) is 96.1 Å². The molecule has 0 saturated heterocycles. The Labute approximate surface area is 99.0 Å². The van der Waals surface area contributed by atoms with Gasteiger partial charge in [0.1, 0.15) is 18.0 Å². The zero-order valence-corrected chi connectivity index (χ0v) is 9.83. The Kier molecular flexibility index (Phi) is 6.62. The normalized spacial score (nSPS) is 10.1. The number of hydrogen-bond donors (Lipinski definition) is 4. The molecular weight excluding hydrogens is 226 g/mol. The van der Waals surface area contributed by atoms with Gasteiger partial charge in [-0.1, -0.05) is 0 Å². The molecule has 0 aliphatic rings. The summed E-state index contributed by atoms with van der Waals surface area (Å²) in [6.45, 7) is 1.09. The van der Waals surface area contributed by atoms with Crippen LogP contribution in [0.3, 0.4) is 0 Å². The number of hydrogen-bond acceptors (Lipinski definition) is 7. The number of nitrogens with two attached hydrogens (primary N) is 1. The maximum atomic E-state index is 8.59. The van der Waals surface area contributed by atoms with Crippen LogP contribution in [0.25, 0.3) is 0 Å². The second-order valence-electron chi connectivity index (χ2n) is 3.05. The molecule has 0 atom stereocenters. The molecule has 0 unspecified atom stereocenters. The number of thioether (sulfide) groups is 1. The van der Waals surface area contributed by atoms with Crippen LogP contribution < -0.4 is 16.6 Å². The second kappa shape index (κ2) is 8.14. The number of rotatable bonds is 8. The standard InChI is InChI=1S/C9H17N5OS/c10-14-9-6-8(12-7-13-9)11-2-5-16-4-1-3-15/h6-7,15H,1-5,10H2,(H2,11,12,13,14). The molecule has 90 valence electrons. The fourth-order valence-electron chi connectivity index (χ4n) is 1.05. The molecule has 1 rings (SSSR count). The summed E-state index contributed by atoms with van der Waals surface area (Å²) in [7, 11) is 0. The van der Waals surface area contributed by atoms with E-state index in [9.17, 15) is 0 Å². The minimum absolute atomic E-state index is 0.262. The average Bonchev–Trinajstić information content (AvgIpc) is 2.34. The Hall–Kier alpha value is -1.05. The Morgan fingerprint density at radius 2 is 2.12 bits per heavy atom. The van der Waals surface area contributed by atoms with Gasteiger partial charge in [0.25, 0.3) is 0 Å². The van der Waals surface area contributed by atoms with E-state index in [1.165, 1.54) is 6.33 Å². The Morgan fingerprint density at radius 1 is 1.31 bits per heavy atom. The van der Waals surface area contributed by atoms with Gasteiger partial charge in [0, 0.05) is 25.0 Å². The number of aliphatic hydroxyl groups excluding tert-OH is 1. The fourth-order valence-corrected chi connectivity index (χ4v) is 1.84. The van der Waals surface area contributed by atoms with Gasteiger partial charge in [0.15, 0.2) is 0 Å². The number of nitrogens with one attached hydrogen (secondary N) is 2. The van der Waals surface area contributed by atoms with E-state index in [0.29, 0.717) is 5.82 Å². The van der Waals surface area contributed by atoms with Crippen LogP contribution in [0.15, 0.2) is 12.4 Å². The summed E-state index contributed by atoms with van der Waals surface area (Å²) in [5.41, 5.74) is 2.46. The number of nitrogen functional groups attached to an aromatic ring is 1. The largest absolute Gasteiger partial charge is 0.396 e. The van der Waals surface area contributed by atoms with Gasteiger partial charge < -0.3 is 15.8 Å². The zero-order chi connectivity index (χ0) is 11.6. The monoisotopic (exact) mass is 243 g/mol. The van der Waals surface area contributed by atoms with Crippen LogP contribution in [0.1, 0.15) is 6.42 Å². The summed E-state index contributed by atoms with van der Waals surface area (Å²) < 4.78 is 0. The first-order valence-corrected chi connectivity index (χ1v) is 6.23. The molecule has 6 nitrogen and oxygen atoms in total. The molecule has 0 bridgehead atoms. The van der Waals surface area contributed by atoms with Gasteiger partial charge in [-0.2, -0.15) is 11.8 Å². The van der Waals surface area contributed by atoms with Crippen molar-refractivity contribution in [2.45, 2.75) is 6.42 Å². The van der Waals surface area contributed by atoms with Crippen molar-refractivity contribution in [3.05, 3.63) is 12.4 Å². The van der Waals surface area contributed by atoms with Gasteiger partial charge in [-0.25, -0.2) is 15.8 Å². The van der Waals surface area contributed by atoms with Crippen molar-refractivity contribution in [1.29, 1.82) is 0 Å². The lowest BCUT2D eigenvalue weighted by molar-refractivity contribution is 0.296. The van der Waals surface area contributed by atoms with Crippen molar-refractivity contribution in [2.75, 3.05) is 35.4 Å². The molecule has 7 heteroatoms. The fraction of sp³-hybridized carbons (Fsp3) is 0.556. The van der Waals surface area contributed by atoms with Crippen LogP contribution in [0.5, 0.6) is 0 Å². The highest BCUT2D eigenvalue weighted by molar-refractivity contribution is 7.99. The molecule has 1 heterocycles. The third-order valence-electron chi connectivity index (χ3n) is 1.81. The highest BCUT2D eigenvalue weighted by atomic mass is 32.2. The number of aliphatic hydroxyl groups is 1. The van der Waals surface area contributed by atoms with Crippen LogP contribution in [-0.2, 0) is 0 Å². The van der Waals surface area contributed by atoms with E-state index in [2.05, 4.69) is 20.7 Å². The van der Waals surface area contributed by atoms with E-state index in [0.717, 1.165) is 30.3 Å². The molecule has 0 amide bonds. The number of hydrazine groups is 1. The molecule has 0 radical (unpaired) electrons. The molecular formula is C9H17N5OS. The predicted molar refractivity (Wildman–Crippen MR) is 67.4 cm³/mol.